The van der Waals surface area contributed by atoms with Crippen LogP contribution >= 0.6 is 11.3 Å². The number of thiophene rings is 1. The highest BCUT2D eigenvalue weighted by Gasteiger charge is 2.06. The Morgan fingerprint density at radius 3 is 2.85 bits per heavy atom. The van der Waals surface area contributed by atoms with Crippen LogP contribution in [0.4, 0.5) is 5.82 Å². The molecule has 0 unspecified atom stereocenters. The van der Waals surface area contributed by atoms with Gasteiger partial charge in [0.2, 0.25) is 0 Å². The molecule has 0 radical (unpaired) electrons. The first kappa shape index (κ1) is 13.0. The number of hydrogen-bond donors (Lipinski definition) is 1. The Balaban J connectivity index is 1.81. The van der Waals surface area contributed by atoms with Crippen LogP contribution in [0.5, 0.6) is 0 Å². The summed E-state index contributed by atoms with van der Waals surface area (Å²) in [7, 11) is 1.71. The van der Waals surface area contributed by atoms with Crippen molar-refractivity contribution in [2.24, 2.45) is 0 Å². The second-order valence-electron chi connectivity index (χ2n) is 4.42. The molecule has 0 saturated carbocycles. The van der Waals surface area contributed by atoms with Gasteiger partial charge in [0.05, 0.1) is 12.0 Å². The van der Waals surface area contributed by atoms with Crippen molar-refractivity contribution in [3.63, 3.8) is 0 Å². The molecule has 0 amide bonds. The van der Waals surface area contributed by atoms with Gasteiger partial charge in [-0.2, -0.15) is 0 Å². The summed E-state index contributed by atoms with van der Waals surface area (Å²) < 4.78 is 5.23. The van der Waals surface area contributed by atoms with Gasteiger partial charge in [0.15, 0.2) is 0 Å². The van der Waals surface area contributed by atoms with E-state index in [1.165, 1.54) is 11.1 Å². The Morgan fingerprint density at radius 1 is 1.15 bits per heavy atom. The maximum absolute atomic E-state index is 5.23. The molecule has 102 valence electrons. The zero-order valence-corrected chi connectivity index (χ0v) is 12.0. The van der Waals surface area contributed by atoms with E-state index in [1.807, 2.05) is 23.6 Å². The van der Waals surface area contributed by atoms with E-state index in [0.717, 1.165) is 22.6 Å². The van der Waals surface area contributed by atoms with Crippen molar-refractivity contribution in [1.82, 2.24) is 9.97 Å². The minimum Gasteiger partial charge on any atom is -0.380 e. The van der Waals surface area contributed by atoms with Gasteiger partial charge < -0.3 is 10.1 Å². The number of nitrogens with one attached hydrogen (secondary N) is 1. The van der Waals surface area contributed by atoms with E-state index < -0.39 is 0 Å². The largest absolute Gasteiger partial charge is 0.380 e. The van der Waals surface area contributed by atoms with E-state index >= 15 is 0 Å². The Bertz CT molecular complexity index is 711. The summed E-state index contributed by atoms with van der Waals surface area (Å²) in [5.74, 6) is 0.878. The third-order valence-corrected chi connectivity index (χ3v) is 3.95. The van der Waals surface area contributed by atoms with Gasteiger partial charge in [-0.15, -0.1) is 11.3 Å². The molecule has 0 aliphatic heterocycles. The molecule has 2 heterocycles. The van der Waals surface area contributed by atoms with Crippen molar-refractivity contribution < 1.29 is 4.74 Å². The van der Waals surface area contributed by atoms with Crippen LogP contribution in [0.3, 0.4) is 0 Å². The van der Waals surface area contributed by atoms with Crippen LogP contribution in [0, 0.1) is 0 Å². The fraction of sp³-hybridized carbons (Fsp3) is 0.200. The molecule has 1 N–H and O–H groups in total. The number of methoxy groups -OCH3 is 1. The van der Waals surface area contributed by atoms with Crippen molar-refractivity contribution in [2.75, 3.05) is 12.4 Å². The Morgan fingerprint density at radius 2 is 2.00 bits per heavy atom. The van der Waals surface area contributed by atoms with E-state index in [2.05, 4.69) is 27.4 Å². The van der Waals surface area contributed by atoms with Gasteiger partial charge in [-0.1, -0.05) is 24.3 Å². The van der Waals surface area contributed by atoms with Gasteiger partial charge >= 0.3 is 0 Å². The van der Waals surface area contributed by atoms with E-state index in [-0.39, 0.29) is 0 Å². The molecule has 0 aliphatic rings. The van der Waals surface area contributed by atoms with Crippen LogP contribution < -0.4 is 5.32 Å². The van der Waals surface area contributed by atoms with Gasteiger partial charge in [-0.3, -0.25) is 0 Å². The molecule has 0 atom stereocenters. The number of rotatable bonds is 5. The van der Waals surface area contributed by atoms with Crippen molar-refractivity contribution in [3.8, 4) is 0 Å². The van der Waals surface area contributed by atoms with Crippen LogP contribution in [0.2, 0.25) is 0 Å². The Hall–Kier alpha value is -1.98. The smallest absolute Gasteiger partial charge is 0.138 e. The summed E-state index contributed by atoms with van der Waals surface area (Å²) in [6.07, 6.45) is 1.60. The highest BCUT2D eigenvalue weighted by atomic mass is 32.1. The molecule has 20 heavy (non-hydrogen) atoms. The molecular formula is C15H15N3OS. The lowest BCUT2D eigenvalue weighted by Gasteiger charge is -2.10. The second-order valence-corrected chi connectivity index (χ2v) is 5.31. The lowest BCUT2D eigenvalue weighted by Crippen LogP contribution is -2.05. The zero-order chi connectivity index (χ0) is 13.8. The van der Waals surface area contributed by atoms with Gasteiger partial charge in [0, 0.05) is 13.7 Å². The molecule has 0 spiro atoms. The third kappa shape index (κ3) is 2.64. The average molecular weight is 285 g/mol. The molecule has 3 aromatic rings. The van der Waals surface area contributed by atoms with E-state index in [0.29, 0.717) is 6.61 Å². The molecule has 0 aliphatic carbocycles. The Labute approximate surface area is 121 Å². The average Bonchev–Trinajstić information content (AvgIpc) is 2.96. The minimum atomic E-state index is 0.621. The molecule has 1 aromatic carbocycles. The standard InChI is InChI=1S/C15H15N3OS/c1-19-9-12-5-3-2-4-11(12)8-16-14-13-6-7-20-15(13)18-10-17-14/h2-7,10H,8-9H2,1H3,(H,16,17,18). The molecule has 0 bridgehead atoms. The zero-order valence-electron chi connectivity index (χ0n) is 11.2. The molecular weight excluding hydrogens is 270 g/mol. The third-order valence-electron chi connectivity index (χ3n) is 3.13. The van der Waals surface area contributed by atoms with E-state index in [1.54, 1.807) is 24.8 Å². The maximum atomic E-state index is 5.23. The SMILES string of the molecule is COCc1ccccc1CNc1ncnc2sccc12. The topological polar surface area (TPSA) is 47.0 Å². The van der Waals surface area contributed by atoms with Crippen LogP contribution in [-0.2, 0) is 17.9 Å². The summed E-state index contributed by atoms with van der Waals surface area (Å²) in [5, 5.41) is 6.49. The normalized spacial score (nSPS) is 10.8. The van der Waals surface area contributed by atoms with Crippen LogP contribution in [0.1, 0.15) is 11.1 Å². The molecule has 3 rings (SSSR count). The summed E-state index contributed by atoms with van der Waals surface area (Å²) in [5.41, 5.74) is 2.41. The number of anilines is 1. The number of ether oxygens (including phenoxy) is 1. The fourth-order valence-corrected chi connectivity index (χ4v) is 2.87. The quantitative estimate of drug-likeness (QED) is 0.780. The monoisotopic (exact) mass is 285 g/mol. The second kappa shape index (κ2) is 5.98. The first-order chi connectivity index (χ1) is 9.88. The van der Waals surface area contributed by atoms with Gasteiger partial charge in [0.25, 0.3) is 0 Å². The number of hydrogen-bond acceptors (Lipinski definition) is 5. The molecule has 0 fully saturated rings. The lowest BCUT2D eigenvalue weighted by atomic mass is 10.1. The van der Waals surface area contributed by atoms with Crippen LogP contribution in [-0.4, -0.2) is 17.1 Å². The molecule has 4 nitrogen and oxygen atoms in total. The van der Waals surface area contributed by atoms with Gasteiger partial charge in [-0.25, -0.2) is 9.97 Å². The number of benzene rings is 1. The Kier molecular flexibility index (Phi) is 3.90. The van der Waals surface area contributed by atoms with Crippen molar-refractivity contribution in [3.05, 3.63) is 53.2 Å². The van der Waals surface area contributed by atoms with Crippen molar-refractivity contribution in [1.29, 1.82) is 0 Å². The summed E-state index contributed by atoms with van der Waals surface area (Å²) in [6, 6.07) is 10.3. The van der Waals surface area contributed by atoms with Gasteiger partial charge in [0.1, 0.15) is 17.0 Å². The predicted molar refractivity (Wildman–Crippen MR) is 81.9 cm³/mol. The molecule has 5 heteroatoms. The number of aromatic nitrogens is 2. The van der Waals surface area contributed by atoms with E-state index in [9.17, 15) is 0 Å². The summed E-state index contributed by atoms with van der Waals surface area (Å²) in [4.78, 5) is 9.58. The predicted octanol–water partition coefficient (Wildman–Crippen LogP) is 3.45. The summed E-state index contributed by atoms with van der Waals surface area (Å²) in [6.45, 7) is 1.34. The first-order valence-corrected chi connectivity index (χ1v) is 7.24. The molecule has 0 saturated heterocycles. The van der Waals surface area contributed by atoms with Crippen molar-refractivity contribution in [2.45, 2.75) is 13.2 Å². The van der Waals surface area contributed by atoms with E-state index in [4.69, 9.17) is 4.74 Å². The highest BCUT2D eigenvalue weighted by Crippen LogP contribution is 2.24. The maximum Gasteiger partial charge on any atom is 0.138 e. The highest BCUT2D eigenvalue weighted by molar-refractivity contribution is 7.16. The van der Waals surface area contributed by atoms with Crippen molar-refractivity contribution >= 4 is 27.4 Å². The number of nitrogens with zero attached hydrogens (tertiary/aromatic N) is 2. The van der Waals surface area contributed by atoms with Gasteiger partial charge in [-0.05, 0) is 22.6 Å². The van der Waals surface area contributed by atoms with Crippen LogP contribution in [0.25, 0.3) is 10.2 Å². The summed E-state index contributed by atoms with van der Waals surface area (Å²) >= 11 is 1.62. The number of fused-ring (bicyclic) bond motifs is 1. The minimum absolute atomic E-state index is 0.621. The molecule has 2 aromatic heterocycles. The fourth-order valence-electron chi connectivity index (χ4n) is 2.14. The lowest BCUT2D eigenvalue weighted by molar-refractivity contribution is 0.184. The van der Waals surface area contributed by atoms with Crippen LogP contribution in [0.15, 0.2) is 42.0 Å². The first-order valence-electron chi connectivity index (χ1n) is 6.36.